The molecule has 5 heteroatoms. The third kappa shape index (κ3) is 3.91. The number of carbonyl (C=O) groups excluding carboxylic acids is 1. The van der Waals surface area contributed by atoms with Gasteiger partial charge in [0.05, 0.1) is 5.69 Å². The second kappa shape index (κ2) is 7.13. The monoisotopic (exact) mass is 330 g/mol. The van der Waals surface area contributed by atoms with E-state index in [2.05, 4.69) is 11.9 Å². The van der Waals surface area contributed by atoms with Crippen molar-refractivity contribution in [1.29, 1.82) is 0 Å². The Bertz CT molecular complexity index is 661. The molecule has 1 aromatic heterocycles. The third-order valence-electron chi connectivity index (χ3n) is 4.21. The Morgan fingerprint density at radius 3 is 2.70 bits per heavy atom. The first-order chi connectivity index (χ1) is 11.1. The number of nitrogens with zero attached hydrogens (tertiary/aromatic N) is 2. The summed E-state index contributed by atoms with van der Waals surface area (Å²) in [6.07, 6.45) is 2.18. The summed E-state index contributed by atoms with van der Waals surface area (Å²) in [5, 5.41) is 0.847. The molecule has 1 saturated heterocycles. The summed E-state index contributed by atoms with van der Waals surface area (Å²) >= 11 is 1.45. The zero-order valence-electron chi connectivity index (χ0n) is 13.6. The van der Waals surface area contributed by atoms with Crippen LogP contribution >= 0.6 is 11.3 Å². The van der Waals surface area contributed by atoms with E-state index >= 15 is 0 Å². The molecule has 0 aliphatic carbocycles. The highest BCUT2D eigenvalue weighted by Gasteiger charge is 2.24. The quantitative estimate of drug-likeness (QED) is 0.854. The van der Waals surface area contributed by atoms with Gasteiger partial charge in [-0.2, -0.15) is 0 Å². The van der Waals surface area contributed by atoms with Gasteiger partial charge in [0.2, 0.25) is 0 Å². The van der Waals surface area contributed by atoms with Crippen LogP contribution in [0.1, 0.15) is 40.1 Å². The zero-order chi connectivity index (χ0) is 16.2. The Morgan fingerprint density at radius 2 is 2.00 bits per heavy atom. The van der Waals surface area contributed by atoms with E-state index in [1.807, 2.05) is 42.2 Å². The normalized spacial score (nSPS) is 15.7. The minimum atomic E-state index is 0.123. The number of para-hydroxylation sites is 1. The molecule has 0 atom stereocenters. The average Bonchev–Trinajstić information content (AvgIpc) is 2.95. The van der Waals surface area contributed by atoms with Crippen molar-refractivity contribution in [1.82, 2.24) is 9.88 Å². The summed E-state index contributed by atoms with van der Waals surface area (Å²) in [5.41, 5.74) is 0.810. The number of carbonyl (C=O) groups is 1. The molecule has 1 aliphatic heterocycles. The van der Waals surface area contributed by atoms with Crippen LogP contribution < -0.4 is 4.74 Å². The van der Waals surface area contributed by atoms with Crippen molar-refractivity contribution in [3.8, 4) is 5.75 Å². The van der Waals surface area contributed by atoms with Crippen LogP contribution in [-0.2, 0) is 6.61 Å². The largest absolute Gasteiger partial charge is 0.486 e. The Hall–Kier alpha value is -1.88. The standard InChI is InChI=1S/C18H22N2O2S/c1-13-8-10-20(11-9-13)18(21)17-14(2)19-16(23-17)12-22-15-6-4-3-5-7-15/h3-7,13H,8-12H2,1-2H3. The van der Waals surface area contributed by atoms with Gasteiger partial charge in [0.15, 0.2) is 0 Å². The van der Waals surface area contributed by atoms with Gasteiger partial charge in [-0.25, -0.2) is 4.98 Å². The number of thiazole rings is 1. The van der Waals surface area contributed by atoms with Crippen LogP contribution in [0.5, 0.6) is 5.75 Å². The molecule has 0 bridgehead atoms. The van der Waals surface area contributed by atoms with Crippen LogP contribution in [0.4, 0.5) is 0 Å². The summed E-state index contributed by atoms with van der Waals surface area (Å²) in [6, 6.07) is 9.67. The fraction of sp³-hybridized carbons (Fsp3) is 0.444. The van der Waals surface area contributed by atoms with Gasteiger partial charge in [-0.15, -0.1) is 11.3 Å². The maximum absolute atomic E-state index is 12.7. The number of hydrogen-bond acceptors (Lipinski definition) is 4. The molecule has 1 aliphatic rings. The Balaban J connectivity index is 1.64. The molecule has 0 spiro atoms. The summed E-state index contributed by atoms with van der Waals surface area (Å²) < 4.78 is 5.72. The molecule has 122 valence electrons. The van der Waals surface area contributed by atoms with Crippen molar-refractivity contribution in [3.63, 3.8) is 0 Å². The highest BCUT2D eigenvalue weighted by atomic mass is 32.1. The molecular formula is C18H22N2O2S. The number of amides is 1. The Labute approximate surface area is 141 Å². The van der Waals surface area contributed by atoms with Crippen LogP contribution in [0.3, 0.4) is 0 Å². The van der Waals surface area contributed by atoms with Gasteiger partial charge >= 0.3 is 0 Å². The van der Waals surface area contributed by atoms with Gasteiger partial charge in [-0.05, 0) is 37.8 Å². The lowest BCUT2D eigenvalue weighted by Gasteiger charge is -2.30. The van der Waals surface area contributed by atoms with Crippen molar-refractivity contribution in [2.45, 2.75) is 33.3 Å². The van der Waals surface area contributed by atoms with Gasteiger partial charge in [-0.1, -0.05) is 25.1 Å². The summed E-state index contributed by atoms with van der Waals surface area (Å²) in [7, 11) is 0. The van der Waals surface area contributed by atoms with Crippen LogP contribution in [0.15, 0.2) is 30.3 Å². The van der Waals surface area contributed by atoms with E-state index in [9.17, 15) is 4.79 Å². The highest BCUT2D eigenvalue weighted by Crippen LogP contribution is 2.24. The molecule has 1 amide bonds. The Kier molecular flexibility index (Phi) is 4.96. The first kappa shape index (κ1) is 16.0. The van der Waals surface area contributed by atoms with E-state index in [1.54, 1.807) is 0 Å². The molecule has 4 nitrogen and oxygen atoms in total. The average molecular weight is 330 g/mol. The van der Waals surface area contributed by atoms with E-state index in [1.165, 1.54) is 11.3 Å². The lowest BCUT2D eigenvalue weighted by molar-refractivity contribution is 0.0701. The van der Waals surface area contributed by atoms with Crippen molar-refractivity contribution in [2.75, 3.05) is 13.1 Å². The Morgan fingerprint density at radius 1 is 1.30 bits per heavy atom. The predicted octanol–water partition coefficient (Wildman–Crippen LogP) is 3.90. The number of rotatable bonds is 4. The van der Waals surface area contributed by atoms with Crippen molar-refractivity contribution < 1.29 is 9.53 Å². The van der Waals surface area contributed by atoms with Gasteiger partial charge in [-0.3, -0.25) is 4.79 Å². The number of likely N-dealkylation sites (tertiary alicyclic amines) is 1. The topological polar surface area (TPSA) is 42.4 Å². The lowest BCUT2D eigenvalue weighted by Crippen LogP contribution is -2.37. The third-order valence-corrected chi connectivity index (χ3v) is 5.33. The van der Waals surface area contributed by atoms with Crippen molar-refractivity contribution in [3.05, 3.63) is 45.9 Å². The van der Waals surface area contributed by atoms with Crippen LogP contribution in [0, 0.1) is 12.8 Å². The molecule has 0 N–H and O–H groups in total. The van der Waals surface area contributed by atoms with E-state index < -0.39 is 0 Å². The van der Waals surface area contributed by atoms with Crippen molar-refractivity contribution >= 4 is 17.2 Å². The number of ether oxygens (including phenoxy) is 1. The predicted molar refractivity (Wildman–Crippen MR) is 91.9 cm³/mol. The van der Waals surface area contributed by atoms with Gasteiger partial charge in [0.1, 0.15) is 22.2 Å². The van der Waals surface area contributed by atoms with Gasteiger partial charge < -0.3 is 9.64 Å². The minimum absolute atomic E-state index is 0.123. The SMILES string of the molecule is Cc1nc(COc2ccccc2)sc1C(=O)N1CCC(C)CC1. The molecule has 1 fully saturated rings. The molecule has 0 unspecified atom stereocenters. The van der Waals surface area contributed by atoms with Gasteiger partial charge in [0, 0.05) is 13.1 Å². The van der Waals surface area contributed by atoms with Gasteiger partial charge in [0.25, 0.3) is 5.91 Å². The molecule has 1 aromatic carbocycles. The maximum atomic E-state index is 12.7. The van der Waals surface area contributed by atoms with E-state index in [4.69, 9.17) is 4.74 Å². The molecule has 23 heavy (non-hydrogen) atoms. The molecule has 0 radical (unpaired) electrons. The fourth-order valence-corrected chi connectivity index (χ4v) is 3.68. The smallest absolute Gasteiger partial charge is 0.265 e. The summed E-state index contributed by atoms with van der Waals surface area (Å²) in [5.74, 6) is 1.66. The van der Waals surface area contributed by atoms with Crippen LogP contribution in [0.25, 0.3) is 0 Å². The van der Waals surface area contributed by atoms with E-state index in [0.29, 0.717) is 6.61 Å². The lowest BCUT2D eigenvalue weighted by atomic mass is 9.99. The number of aryl methyl sites for hydroxylation is 1. The number of benzene rings is 1. The number of aromatic nitrogens is 1. The highest BCUT2D eigenvalue weighted by molar-refractivity contribution is 7.13. The molecule has 2 aromatic rings. The zero-order valence-corrected chi connectivity index (χ0v) is 14.4. The molecule has 3 rings (SSSR count). The minimum Gasteiger partial charge on any atom is -0.486 e. The first-order valence-corrected chi connectivity index (χ1v) is 8.88. The first-order valence-electron chi connectivity index (χ1n) is 8.07. The molecule has 0 saturated carbocycles. The molecular weight excluding hydrogens is 308 g/mol. The summed E-state index contributed by atoms with van der Waals surface area (Å²) in [4.78, 5) is 19.9. The maximum Gasteiger partial charge on any atom is 0.265 e. The molecule has 2 heterocycles. The number of hydrogen-bond donors (Lipinski definition) is 0. The second-order valence-electron chi connectivity index (χ2n) is 6.10. The van der Waals surface area contributed by atoms with E-state index in [0.717, 1.165) is 53.2 Å². The van der Waals surface area contributed by atoms with Crippen molar-refractivity contribution in [2.24, 2.45) is 5.92 Å². The number of piperidine rings is 1. The van der Waals surface area contributed by atoms with E-state index in [-0.39, 0.29) is 5.91 Å². The summed E-state index contributed by atoms with van der Waals surface area (Å²) in [6.45, 7) is 6.27. The fourth-order valence-electron chi connectivity index (χ4n) is 2.73. The van der Waals surface area contributed by atoms with Crippen LogP contribution in [-0.4, -0.2) is 28.9 Å². The van der Waals surface area contributed by atoms with Crippen LogP contribution in [0.2, 0.25) is 0 Å². The second-order valence-corrected chi connectivity index (χ2v) is 7.18.